The minimum atomic E-state index is -1.08. The molecule has 4 aromatic rings. The fourth-order valence-corrected chi connectivity index (χ4v) is 4.38. The van der Waals surface area contributed by atoms with Crippen molar-refractivity contribution in [2.75, 3.05) is 0 Å². The molecule has 0 saturated carbocycles. The molecule has 0 unspecified atom stereocenters. The molecule has 0 aliphatic rings. The highest BCUT2D eigenvalue weighted by Gasteiger charge is 2.33. The van der Waals surface area contributed by atoms with Gasteiger partial charge in [0.15, 0.2) is 0 Å². The molecular weight excluding hydrogens is 438 g/mol. The maximum absolute atomic E-state index is 14.5. The summed E-state index contributed by atoms with van der Waals surface area (Å²) in [6.45, 7) is 5.34. The number of aromatic carboxylic acids is 1. The average molecular weight is 460 g/mol. The summed E-state index contributed by atoms with van der Waals surface area (Å²) < 4.78 is 30.3. The van der Waals surface area contributed by atoms with Crippen molar-refractivity contribution in [3.05, 3.63) is 83.1 Å². The number of benzene rings is 3. The molecule has 5 nitrogen and oxygen atoms in total. The van der Waals surface area contributed by atoms with Crippen LogP contribution in [0.3, 0.4) is 0 Å². The van der Waals surface area contributed by atoms with E-state index in [1.807, 2.05) is 13.8 Å². The Morgan fingerprint density at radius 3 is 2.35 bits per heavy atom. The van der Waals surface area contributed by atoms with Crippen molar-refractivity contribution < 1.29 is 23.8 Å². The molecule has 0 aliphatic heterocycles. The Balaban J connectivity index is 2.21. The van der Waals surface area contributed by atoms with E-state index in [2.05, 4.69) is 6.07 Å². The van der Waals surface area contributed by atoms with E-state index < -0.39 is 23.0 Å². The molecule has 0 amide bonds. The summed E-state index contributed by atoms with van der Waals surface area (Å²) in [5.74, 6) is -2.42. The highest BCUT2D eigenvalue weighted by Crippen LogP contribution is 2.47. The van der Waals surface area contributed by atoms with Gasteiger partial charge in [-0.25, -0.2) is 13.6 Å². The molecule has 0 atom stereocenters. The molecular formula is C27H22F2N2O3. The summed E-state index contributed by atoms with van der Waals surface area (Å²) >= 11 is 0. The van der Waals surface area contributed by atoms with Gasteiger partial charge in [-0.1, -0.05) is 26.0 Å². The van der Waals surface area contributed by atoms with Crippen molar-refractivity contribution in [2.24, 2.45) is 0 Å². The predicted molar refractivity (Wildman–Crippen MR) is 125 cm³/mol. The third-order valence-electron chi connectivity index (χ3n) is 6.00. The molecule has 0 spiro atoms. The van der Waals surface area contributed by atoms with E-state index in [0.29, 0.717) is 39.0 Å². The summed E-state index contributed by atoms with van der Waals surface area (Å²) in [6, 6.07) is 15.1. The zero-order chi connectivity index (χ0) is 24.8. The number of nitrogens with zero attached hydrogens (tertiary/aromatic N) is 2. The van der Waals surface area contributed by atoms with Crippen LogP contribution in [0.1, 0.15) is 41.9 Å². The Hall–Kier alpha value is -4.18. The zero-order valence-electron chi connectivity index (χ0n) is 18.9. The second kappa shape index (κ2) is 8.31. The van der Waals surface area contributed by atoms with Crippen molar-refractivity contribution in [2.45, 2.75) is 32.6 Å². The number of rotatable bonds is 5. The summed E-state index contributed by atoms with van der Waals surface area (Å²) in [7, 11) is 0. The first-order valence-electron chi connectivity index (χ1n) is 10.6. The largest absolute Gasteiger partial charge is 0.507 e. The maximum atomic E-state index is 14.5. The molecule has 0 fully saturated rings. The van der Waals surface area contributed by atoms with Crippen LogP contribution in [-0.2, 0) is 5.41 Å². The van der Waals surface area contributed by atoms with Crippen molar-refractivity contribution >= 4 is 16.9 Å². The summed E-state index contributed by atoms with van der Waals surface area (Å²) in [5, 5.41) is 30.0. The zero-order valence-corrected chi connectivity index (χ0v) is 18.9. The van der Waals surface area contributed by atoms with Crippen molar-refractivity contribution in [1.82, 2.24) is 4.57 Å². The lowest BCUT2D eigenvalue weighted by molar-refractivity contribution is 0.0697. The third-order valence-corrected chi connectivity index (χ3v) is 6.00. The monoisotopic (exact) mass is 460 g/mol. The quantitative estimate of drug-likeness (QED) is 0.357. The fraction of sp³-hybridized carbons (Fsp3) is 0.185. The van der Waals surface area contributed by atoms with Gasteiger partial charge in [0.1, 0.15) is 17.4 Å². The number of carbonyl (C=O) groups is 1. The van der Waals surface area contributed by atoms with Crippen LogP contribution in [0.2, 0.25) is 0 Å². The van der Waals surface area contributed by atoms with E-state index in [4.69, 9.17) is 0 Å². The average Bonchev–Trinajstić information content (AvgIpc) is 3.12. The number of aromatic nitrogens is 1. The normalized spacial score (nSPS) is 11.5. The lowest BCUT2D eigenvalue weighted by Crippen LogP contribution is -2.22. The Labute approximate surface area is 195 Å². The maximum Gasteiger partial charge on any atom is 0.335 e. The highest BCUT2D eigenvalue weighted by atomic mass is 19.1. The van der Waals surface area contributed by atoms with Gasteiger partial charge in [0.05, 0.1) is 22.5 Å². The number of halogens is 2. The van der Waals surface area contributed by atoms with Crippen LogP contribution in [0.5, 0.6) is 5.75 Å². The summed E-state index contributed by atoms with van der Waals surface area (Å²) in [5.41, 5.74) is 2.34. The number of nitriles is 1. The van der Waals surface area contributed by atoms with Gasteiger partial charge in [0.25, 0.3) is 0 Å². The minimum absolute atomic E-state index is 0.0924. The van der Waals surface area contributed by atoms with E-state index in [1.165, 1.54) is 24.3 Å². The van der Waals surface area contributed by atoms with Gasteiger partial charge in [-0.15, -0.1) is 0 Å². The number of hydrogen-bond donors (Lipinski definition) is 2. The fourth-order valence-electron chi connectivity index (χ4n) is 4.38. The Kier molecular flexibility index (Phi) is 5.62. The number of aryl methyl sites for hydroxylation is 1. The summed E-state index contributed by atoms with van der Waals surface area (Å²) in [4.78, 5) is 11.4. The topological polar surface area (TPSA) is 86.2 Å². The number of phenolic OH excluding ortho intramolecular Hbond substituents is 1. The van der Waals surface area contributed by atoms with Crippen LogP contribution in [0.25, 0.3) is 27.7 Å². The molecule has 172 valence electrons. The van der Waals surface area contributed by atoms with Crippen LogP contribution in [0.15, 0.2) is 54.6 Å². The molecule has 7 heteroatoms. The molecule has 0 saturated heterocycles. The number of aromatic hydroxyl groups is 1. The van der Waals surface area contributed by atoms with E-state index in [1.54, 1.807) is 35.8 Å². The molecule has 1 aromatic heterocycles. The molecule has 3 aromatic carbocycles. The molecule has 2 N–H and O–H groups in total. The van der Waals surface area contributed by atoms with Crippen molar-refractivity contribution in [1.29, 1.82) is 5.26 Å². The first-order valence-corrected chi connectivity index (χ1v) is 10.6. The highest BCUT2D eigenvalue weighted by molar-refractivity contribution is 6.04. The minimum Gasteiger partial charge on any atom is -0.507 e. The Morgan fingerprint density at radius 2 is 1.76 bits per heavy atom. The second-order valence-corrected chi connectivity index (χ2v) is 8.91. The van der Waals surface area contributed by atoms with Crippen LogP contribution < -0.4 is 0 Å². The first kappa shape index (κ1) is 23.0. The SMILES string of the molecule is Cc1cc(-n2c(C(C)(C)CC#N)c(-c3ccc(C(=O)O)cc3)c3c(O)cc(F)cc32)ccc1F. The lowest BCUT2D eigenvalue weighted by Gasteiger charge is -2.27. The molecule has 0 radical (unpaired) electrons. The Bertz CT molecular complexity index is 1480. The smallest absolute Gasteiger partial charge is 0.335 e. The van der Waals surface area contributed by atoms with E-state index in [9.17, 15) is 29.1 Å². The van der Waals surface area contributed by atoms with Gasteiger partial charge in [0.2, 0.25) is 0 Å². The third kappa shape index (κ3) is 3.77. The molecule has 0 aliphatic carbocycles. The van der Waals surface area contributed by atoms with Crippen LogP contribution in [0, 0.1) is 29.9 Å². The van der Waals surface area contributed by atoms with Crippen LogP contribution >= 0.6 is 0 Å². The predicted octanol–water partition coefficient (Wildman–Crippen LogP) is 6.48. The summed E-state index contributed by atoms with van der Waals surface area (Å²) in [6.07, 6.45) is 0.104. The lowest BCUT2D eigenvalue weighted by atomic mass is 9.81. The van der Waals surface area contributed by atoms with Crippen LogP contribution in [0.4, 0.5) is 8.78 Å². The number of hydrogen-bond acceptors (Lipinski definition) is 3. The van der Waals surface area contributed by atoms with Gasteiger partial charge in [0, 0.05) is 34.8 Å². The molecule has 1 heterocycles. The standard InChI is InChI=1S/C27H22F2N2O3/c1-15-12-19(8-9-20(15)29)31-21-13-18(28)14-22(32)24(21)23(25(31)27(2,3)10-11-30)16-4-6-17(7-5-16)26(33)34/h4-9,12-14,32H,10H2,1-3H3,(H,33,34). The van der Waals surface area contributed by atoms with Crippen molar-refractivity contribution in [3.63, 3.8) is 0 Å². The van der Waals surface area contributed by atoms with Gasteiger partial charge in [-0.05, 0) is 54.4 Å². The first-order chi connectivity index (χ1) is 16.0. The number of fused-ring (bicyclic) bond motifs is 1. The second-order valence-electron chi connectivity index (χ2n) is 8.91. The van der Waals surface area contributed by atoms with Gasteiger partial charge < -0.3 is 14.8 Å². The van der Waals surface area contributed by atoms with E-state index in [-0.39, 0.29) is 17.7 Å². The molecule has 0 bridgehead atoms. The van der Waals surface area contributed by atoms with Crippen LogP contribution in [-0.4, -0.2) is 20.7 Å². The molecule has 34 heavy (non-hydrogen) atoms. The number of phenols is 1. The van der Waals surface area contributed by atoms with Gasteiger partial charge in [-0.2, -0.15) is 5.26 Å². The van der Waals surface area contributed by atoms with Gasteiger partial charge >= 0.3 is 5.97 Å². The van der Waals surface area contributed by atoms with E-state index in [0.717, 1.165) is 6.07 Å². The van der Waals surface area contributed by atoms with E-state index >= 15 is 0 Å². The molecule has 4 rings (SSSR count). The van der Waals surface area contributed by atoms with Crippen molar-refractivity contribution in [3.8, 4) is 28.6 Å². The number of carboxylic acids is 1. The van der Waals surface area contributed by atoms with Gasteiger partial charge in [-0.3, -0.25) is 0 Å². The Morgan fingerprint density at radius 1 is 1.09 bits per heavy atom. The number of carboxylic acid groups (broad SMARTS) is 1.